The molecular formula is C20H19N7O. The molecule has 0 N–H and O–H groups in total. The summed E-state index contributed by atoms with van der Waals surface area (Å²) in [6.07, 6.45) is 12.9. The van der Waals surface area contributed by atoms with E-state index in [0.717, 1.165) is 37.3 Å². The molecular weight excluding hydrogens is 354 g/mol. The van der Waals surface area contributed by atoms with Crippen LogP contribution in [0.4, 0.5) is 0 Å². The maximum Gasteiger partial charge on any atom is 0.244 e. The molecule has 5 rings (SSSR count). The maximum absolute atomic E-state index is 5.61. The Kier molecular flexibility index (Phi) is 4.38. The third-order valence-electron chi connectivity index (χ3n) is 4.97. The summed E-state index contributed by atoms with van der Waals surface area (Å²) in [7, 11) is 0. The standard InChI is InChI=1S/C20H19N7O/c1-3-15(11-21-7-1)13-26-9-2-4-17(26)20-24-19(25-28-20)16-5-6-18(23-12-16)27-10-8-22-14-27/h1,3,5-8,10-12,14,17H,2,4,9,13H2. The number of imidazole rings is 1. The second kappa shape index (κ2) is 7.32. The Morgan fingerprint density at radius 2 is 2.11 bits per heavy atom. The fraction of sp³-hybridized carbons (Fsp3) is 0.250. The van der Waals surface area contributed by atoms with Crippen LogP contribution in [0.3, 0.4) is 0 Å². The molecule has 1 aliphatic rings. The highest BCUT2D eigenvalue weighted by molar-refractivity contribution is 5.53. The molecule has 5 heterocycles. The maximum atomic E-state index is 5.61. The molecule has 1 aliphatic heterocycles. The van der Waals surface area contributed by atoms with E-state index in [4.69, 9.17) is 4.52 Å². The predicted octanol–water partition coefficient (Wildman–Crippen LogP) is 3.05. The highest BCUT2D eigenvalue weighted by atomic mass is 16.5. The van der Waals surface area contributed by atoms with Crippen LogP contribution in [0.2, 0.25) is 0 Å². The Morgan fingerprint density at radius 1 is 1.11 bits per heavy atom. The Bertz CT molecular complexity index is 1030. The van der Waals surface area contributed by atoms with Gasteiger partial charge in [-0.25, -0.2) is 9.97 Å². The number of hydrogen-bond donors (Lipinski definition) is 0. The van der Waals surface area contributed by atoms with Crippen molar-refractivity contribution in [3.8, 4) is 17.2 Å². The molecule has 1 saturated heterocycles. The molecule has 4 aromatic heterocycles. The first-order chi connectivity index (χ1) is 13.9. The highest BCUT2D eigenvalue weighted by Crippen LogP contribution is 2.33. The molecule has 0 radical (unpaired) electrons. The minimum absolute atomic E-state index is 0.139. The molecule has 8 heteroatoms. The van der Waals surface area contributed by atoms with Gasteiger partial charge < -0.3 is 4.52 Å². The fourth-order valence-corrected chi connectivity index (χ4v) is 3.57. The first-order valence-electron chi connectivity index (χ1n) is 9.28. The van der Waals surface area contributed by atoms with Gasteiger partial charge in [0.2, 0.25) is 11.7 Å². The molecule has 1 fully saturated rings. The van der Waals surface area contributed by atoms with Crippen molar-refractivity contribution >= 4 is 0 Å². The summed E-state index contributed by atoms with van der Waals surface area (Å²) in [6, 6.07) is 8.05. The average molecular weight is 373 g/mol. The molecule has 0 aromatic carbocycles. The lowest BCUT2D eigenvalue weighted by Gasteiger charge is -2.21. The first kappa shape index (κ1) is 16.8. The van der Waals surface area contributed by atoms with Gasteiger partial charge in [-0.1, -0.05) is 11.2 Å². The van der Waals surface area contributed by atoms with Gasteiger partial charge in [0.25, 0.3) is 0 Å². The lowest BCUT2D eigenvalue weighted by molar-refractivity contribution is 0.201. The van der Waals surface area contributed by atoms with E-state index in [1.54, 1.807) is 24.9 Å². The smallest absolute Gasteiger partial charge is 0.244 e. The topological polar surface area (TPSA) is 85.8 Å². The van der Waals surface area contributed by atoms with Gasteiger partial charge in [0, 0.05) is 43.1 Å². The Balaban J connectivity index is 1.34. The van der Waals surface area contributed by atoms with Gasteiger partial charge in [-0.15, -0.1) is 0 Å². The quantitative estimate of drug-likeness (QED) is 0.531. The molecule has 0 bridgehead atoms. The number of likely N-dealkylation sites (tertiary alicyclic amines) is 1. The van der Waals surface area contributed by atoms with E-state index in [9.17, 15) is 0 Å². The lowest BCUT2D eigenvalue weighted by atomic mass is 10.2. The van der Waals surface area contributed by atoms with Crippen molar-refractivity contribution < 1.29 is 4.52 Å². The fourth-order valence-electron chi connectivity index (χ4n) is 3.57. The second-order valence-electron chi connectivity index (χ2n) is 6.82. The van der Waals surface area contributed by atoms with Crippen molar-refractivity contribution in [2.75, 3.05) is 6.54 Å². The van der Waals surface area contributed by atoms with Crippen LogP contribution in [-0.2, 0) is 6.54 Å². The zero-order valence-electron chi connectivity index (χ0n) is 15.2. The summed E-state index contributed by atoms with van der Waals surface area (Å²) < 4.78 is 7.46. The van der Waals surface area contributed by atoms with E-state index in [2.05, 4.69) is 36.1 Å². The Hall–Kier alpha value is -3.39. The SMILES string of the molecule is c1cncc(CN2CCCC2c2nc(-c3ccc(-n4ccnc4)nc3)no2)c1. The van der Waals surface area contributed by atoms with Crippen molar-refractivity contribution in [1.29, 1.82) is 0 Å². The second-order valence-corrected chi connectivity index (χ2v) is 6.82. The third-order valence-corrected chi connectivity index (χ3v) is 4.97. The van der Waals surface area contributed by atoms with Crippen LogP contribution in [0.25, 0.3) is 17.2 Å². The lowest BCUT2D eigenvalue weighted by Crippen LogP contribution is -2.23. The van der Waals surface area contributed by atoms with Crippen LogP contribution in [-0.4, -0.2) is 41.1 Å². The van der Waals surface area contributed by atoms with Gasteiger partial charge in [-0.3, -0.25) is 14.5 Å². The number of nitrogens with zero attached hydrogens (tertiary/aromatic N) is 7. The van der Waals surface area contributed by atoms with Crippen molar-refractivity contribution in [3.05, 3.63) is 73.0 Å². The summed E-state index contributed by atoms with van der Waals surface area (Å²) in [6.45, 7) is 1.84. The minimum atomic E-state index is 0.139. The van der Waals surface area contributed by atoms with Crippen LogP contribution in [0.1, 0.15) is 30.3 Å². The molecule has 1 unspecified atom stereocenters. The van der Waals surface area contributed by atoms with Gasteiger partial charge in [-0.05, 0) is 43.1 Å². The molecule has 140 valence electrons. The zero-order valence-corrected chi connectivity index (χ0v) is 15.2. The van der Waals surface area contributed by atoms with Crippen molar-refractivity contribution in [3.63, 3.8) is 0 Å². The molecule has 0 aliphatic carbocycles. The number of aromatic nitrogens is 6. The van der Waals surface area contributed by atoms with E-state index in [-0.39, 0.29) is 6.04 Å². The van der Waals surface area contributed by atoms with Crippen molar-refractivity contribution in [2.45, 2.75) is 25.4 Å². The normalized spacial score (nSPS) is 17.2. The van der Waals surface area contributed by atoms with E-state index < -0.39 is 0 Å². The van der Waals surface area contributed by atoms with Gasteiger partial charge in [0.05, 0.1) is 6.04 Å². The molecule has 4 aromatic rings. The summed E-state index contributed by atoms with van der Waals surface area (Å²) in [4.78, 5) is 19.7. The van der Waals surface area contributed by atoms with Crippen molar-refractivity contribution in [2.24, 2.45) is 0 Å². The minimum Gasteiger partial charge on any atom is -0.337 e. The Labute approximate surface area is 161 Å². The van der Waals surface area contributed by atoms with Crippen molar-refractivity contribution in [1.82, 2.24) is 34.6 Å². The molecule has 28 heavy (non-hydrogen) atoms. The van der Waals surface area contributed by atoms with E-state index >= 15 is 0 Å². The largest absolute Gasteiger partial charge is 0.337 e. The number of pyridine rings is 2. The van der Waals surface area contributed by atoms with Crippen LogP contribution in [0.5, 0.6) is 0 Å². The molecule has 1 atom stereocenters. The Morgan fingerprint density at radius 3 is 2.89 bits per heavy atom. The summed E-state index contributed by atoms with van der Waals surface area (Å²) in [5, 5.41) is 4.18. The zero-order chi connectivity index (χ0) is 18.8. The molecule has 8 nitrogen and oxygen atoms in total. The monoisotopic (exact) mass is 373 g/mol. The van der Waals surface area contributed by atoms with E-state index in [1.807, 2.05) is 35.2 Å². The van der Waals surface area contributed by atoms with Crippen LogP contribution < -0.4 is 0 Å². The predicted molar refractivity (Wildman–Crippen MR) is 101 cm³/mol. The highest BCUT2D eigenvalue weighted by Gasteiger charge is 2.30. The summed E-state index contributed by atoms with van der Waals surface area (Å²) >= 11 is 0. The summed E-state index contributed by atoms with van der Waals surface area (Å²) in [5.41, 5.74) is 2.02. The first-order valence-corrected chi connectivity index (χ1v) is 9.28. The molecule has 0 saturated carbocycles. The van der Waals surface area contributed by atoms with Crippen LogP contribution in [0, 0.1) is 0 Å². The van der Waals surface area contributed by atoms with E-state index in [1.165, 1.54) is 5.56 Å². The number of rotatable bonds is 5. The van der Waals surface area contributed by atoms with E-state index in [0.29, 0.717) is 11.7 Å². The average Bonchev–Trinajstić information content (AvgIpc) is 3.50. The molecule has 0 spiro atoms. The van der Waals surface area contributed by atoms with Gasteiger partial charge in [-0.2, -0.15) is 4.98 Å². The van der Waals surface area contributed by atoms with Gasteiger partial charge in [0.15, 0.2) is 0 Å². The van der Waals surface area contributed by atoms with Crippen LogP contribution >= 0.6 is 0 Å². The molecule has 0 amide bonds. The summed E-state index contributed by atoms with van der Waals surface area (Å²) in [5.74, 6) is 2.02. The third kappa shape index (κ3) is 3.29. The van der Waals surface area contributed by atoms with Crippen LogP contribution in [0.15, 0.2) is 66.1 Å². The van der Waals surface area contributed by atoms with Gasteiger partial charge in [0.1, 0.15) is 12.1 Å². The number of hydrogen-bond acceptors (Lipinski definition) is 7. The van der Waals surface area contributed by atoms with Gasteiger partial charge >= 0.3 is 0 Å².